The number of nitrogens with zero attached hydrogens (tertiary/aromatic N) is 2. The molecule has 0 unspecified atom stereocenters. The molecule has 5 heteroatoms. The van der Waals surface area contributed by atoms with Gasteiger partial charge in [-0.15, -0.1) is 0 Å². The van der Waals surface area contributed by atoms with Gasteiger partial charge in [0.2, 0.25) is 0 Å². The van der Waals surface area contributed by atoms with Crippen molar-refractivity contribution >= 4 is 28.8 Å². The molecular weight excluding hydrogens is 304 g/mol. The number of para-hydroxylation sites is 2. The molecule has 0 atom stereocenters. The molecule has 0 saturated heterocycles. The van der Waals surface area contributed by atoms with Gasteiger partial charge >= 0.3 is 5.97 Å². The van der Waals surface area contributed by atoms with Gasteiger partial charge in [0.1, 0.15) is 5.75 Å². The Balaban J connectivity index is 1.96. The average Bonchev–Trinajstić information content (AvgIpc) is 2.58. The molecule has 0 fully saturated rings. The van der Waals surface area contributed by atoms with Gasteiger partial charge in [-0.25, -0.2) is 4.79 Å². The van der Waals surface area contributed by atoms with Crippen LogP contribution in [0.25, 0.3) is 10.9 Å². The van der Waals surface area contributed by atoms with Crippen LogP contribution in [0, 0.1) is 6.92 Å². The average molecular weight is 320 g/mol. The lowest BCUT2D eigenvalue weighted by Crippen LogP contribution is -2.10. The Morgan fingerprint density at radius 1 is 1.21 bits per heavy atom. The zero-order valence-electron chi connectivity index (χ0n) is 13.1. The van der Waals surface area contributed by atoms with Crippen LogP contribution in [0.1, 0.15) is 11.3 Å². The highest BCUT2D eigenvalue weighted by molar-refractivity contribution is 5.94. The van der Waals surface area contributed by atoms with Crippen LogP contribution >= 0.6 is 0 Å². The van der Waals surface area contributed by atoms with Gasteiger partial charge < -0.3 is 9.84 Å². The Labute approximate surface area is 139 Å². The summed E-state index contributed by atoms with van der Waals surface area (Å²) in [7, 11) is 0. The van der Waals surface area contributed by atoms with E-state index in [1.54, 1.807) is 18.3 Å². The van der Waals surface area contributed by atoms with Crippen LogP contribution in [-0.2, 0) is 4.79 Å². The molecule has 0 radical (unpaired) electrons. The molecule has 1 N–H and O–H groups in total. The Hall–Kier alpha value is -3.21. The van der Waals surface area contributed by atoms with Crippen LogP contribution in [-0.4, -0.2) is 28.9 Å². The number of aliphatic carboxylic acids is 1. The maximum absolute atomic E-state index is 10.7. The van der Waals surface area contributed by atoms with Crippen molar-refractivity contribution in [3.8, 4) is 5.75 Å². The molecule has 0 spiro atoms. The molecule has 1 aromatic heterocycles. The molecule has 0 saturated carbocycles. The van der Waals surface area contributed by atoms with Gasteiger partial charge in [0, 0.05) is 22.9 Å². The molecule has 0 bridgehead atoms. The van der Waals surface area contributed by atoms with Crippen molar-refractivity contribution in [2.24, 2.45) is 4.99 Å². The Kier molecular flexibility index (Phi) is 4.52. The number of aromatic nitrogens is 1. The summed E-state index contributed by atoms with van der Waals surface area (Å²) in [4.78, 5) is 19.7. The smallest absolute Gasteiger partial charge is 0.341 e. The Morgan fingerprint density at radius 3 is 2.79 bits per heavy atom. The van der Waals surface area contributed by atoms with Gasteiger partial charge in [0.15, 0.2) is 6.61 Å². The summed E-state index contributed by atoms with van der Waals surface area (Å²) in [6.45, 7) is 1.54. The first-order valence-corrected chi connectivity index (χ1v) is 7.47. The second-order valence-corrected chi connectivity index (χ2v) is 5.28. The number of hydrogen-bond acceptors (Lipinski definition) is 4. The van der Waals surface area contributed by atoms with Gasteiger partial charge in [0.25, 0.3) is 0 Å². The summed E-state index contributed by atoms with van der Waals surface area (Å²) in [6.07, 6.45) is 1.68. The van der Waals surface area contributed by atoms with Crippen molar-refractivity contribution < 1.29 is 14.6 Å². The highest BCUT2D eigenvalue weighted by Crippen LogP contribution is 2.26. The zero-order valence-corrected chi connectivity index (χ0v) is 13.1. The number of aliphatic imine (C=N–C) groups is 1. The van der Waals surface area contributed by atoms with E-state index >= 15 is 0 Å². The lowest BCUT2D eigenvalue weighted by Gasteiger charge is -2.07. The number of carboxylic acids is 1. The van der Waals surface area contributed by atoms with E-state index in [0.29, 0.717) is 5.75 Å². The van der Waals surface area contributed by atoms with E-state index in [4.69, 9.17) is 9.84 Å². The lowest BCUT2D eigenvalue weighted by molar-refractivity contribution is -0.139. The number of carboxylic acid groups (broad SMARTS) is 1. The van der Waals surface area contributed by atoms with Crippen LogP contribution in [0.15, 0.2) is 59.6 Å². The predicted octanol–water partition coefficient (Wildman–Crippen LogP) is 3.76. The minimum Gasteiger partial charge on any atom is -0.481 e. The summed E-state index contributed by atoms with van der Waals surface area (Å²) in [5.41, 5.74) is 3.31. The van der Waals surface area contributed by atoms with Crippen LogP contribution < -0.4 is 4.74 Å². The number of hydrogen-bond donors (Lipinski definition) is 1. The molecule has 120 valence electrons. The number of benzene rings is 2. The molecule has 0 aliphatic heterocycles. The summed E-state index contributed by atoms with van der Waals surface area (Å²) in [6, 6.07) is 16.9. The quantitative estimate of drug-likeness (QED) is 0.727. The fourth-order valence-electron chi connectivity index (χ4n) is 2.39. The largest absolute Gasteiger partial charge is 0.481 e. The first-order chi connectivity index (χ1) is 11.6. The van der Waals surface area contributed by atoms with E-state index in [1.807, 2.05) is 49.4 Å². The van der Waals surface area contributed by atoms with E-state index in [9.17, 15) is 4.79 Å². The van der Waals surface area contributed by atoms with E-state index < -0.39 is 5.97 Å². The summed E-state index contributed by atoms with van der Waals surface area (Å²) >= 11 is 0. The van der Waals surface area contributed by atoms with Crippen molar-refractivity contribution in [2.75, 3.05) is 6.61 Å². The predicted molar refractivity (Wildman–Crippen MR) is 93.3 cm³/mol. The number of fused-ring (bicyclic) bond motifs is 1. The van der Waals surface area contributed by atoms with Gasteiger partial charge in [-0.05, 0) is 31.2 Å². The first-order valence-electron chi connectivity index (χ1n) is 7.47. The maximum atomic E-state index is 10.7. The molecule has 3 rings (SSSR count). The second kappa shape index (κ2) is 6.91. The first kappa shape index (κ1) is 15.7. The topological polar surface area (TPSA) is 71.8 Å². The zero-order chi connectivity index (χ0) is 16.9. The molecule has 0 amide bonds. The number of aryl methyl sites for hydroxylation is 1. The molecule has 3 aromatic rings. The van der Waals surface area contributed by atoms with Crippen LogP contribution in [0.4, 0.5) is 5.69 Å². The van der Waals surface area contributed by atoms with Crippen molar-refractivity contribution in [2.45, 2.75) is 6.92 Å². The fourth-order valence-corrected chi connectivity index (χ4v) is 2.39. The van der Waals surface area contributed by atoms with E-state index in [-0.39, 0.29) is 6.61 Å². The number of pyridine rings is 1. The highest BCUT2D eigenvalue weighted by Gasteiger charge is 2.05. The minimum atomic E-state index is -1.02. The monoisotopic (exact) mass is 320 g/mol. The van der Waals surface area contributed by atoms with Gasteiger partial charge in [-0.3, -0.25) is 9.98 Å². The van der Waals surface area contributed by atoms with E-state index in [2.05, 4.69) is 9.98 Å². The maximum Gasteiger partial charge on any atom is 0.341 e. The number of rotatable bonds is 5. The number of carbonyl (C=O) groups is 1. The van der Waals surface area contributed by atoms with Gasteiger partial charge in [-0.1, -0.05) is 30.3 Å². The molecule has 24 heavy (non-hydrogen) atoms. The van der Waals surface area contributed by atoms with Crippen molar-refractivity contribution in [3.05, 3.63) is 65.9 Å². The minimum absolute atomic E-state index is 0.387. The van der Waals surface area contributed by atoms with E-state index in [1.165, 1.54) is 0 Å². The third-order valence-corrected chi connectivity index (χ3v) is 3.44. The van der Waals surface area contributed by atoms with Crippen molar-refractivity contribution in [3.63, 3.8) is 0 Å². The SMILES string of the molecule is Cc1cc(N=Cc2ccccc2OCC(=O)O)c2ccccc2n1. The summed E-state index contributed by atoms with van der Waals surface area (Å²) in [5, 5.41) is 9.72. The van der Waals surface area contributed by atoms with E-state index in [0.717, 1.165) is 27.8 Å². The normalized spacial score (nSPS) is 11.0. The van der Waals surface area contributed by atoms with Crippen LogP contribution in [0.3, 0.4) is 0 Å². The van der Waals surface area contributed by atoms with Crippen molar-refractivity contribution in [1.29, 1.82) is 0 Å². The second-order valence-electron chi connectivity index (χ2n) is 5.28. The molecule has 0 aliphatic rings. The fraction of sp³-hybridized carbons (Fsp3) is 0.105. The van der Waals surface area contributed by atoms with Crippen LogP contribution in [0.2, 0.25) is 0 Å². The molecule has 2 aromatic carbocycles. The van der Waals surface area contributed by atoms with Gasteiger partial charge in [-0.2, -0.15) is 0 Å². The molecule has 1 heterocycles. The Bertz CT molecular complexity index is 919. The molecular formula is C19H16N2O3. The lowest BCUT2D eigenvalue weighted by atomic mass is 10.1. The molecule has 0 aliphatic carbocycles. The Morgan fingerprint density at radius 2 is 1.96 bits per heavy atom. The summed E-state index contributed by atoms with van der Waals surface area (Å²) < 4.78 is 5.30. The third kappa shape index (κ3) is 3.57. The van der Waals surface area contributed by atoms with Gasteiger partial charge in [0.05, 0.1) is 11.2 Å². The standard InChI is InChI=1S/C19H16N2O3/c1-13-10-17(15-7-3-4-8-16(15)21-13)20-11-14-6-2-5-9-18(14)24-12-19(22)23/h2-11H,12H2,1H3,(H,22,23). The third-order valence-electron chi connectivity index (χ3n) is 3.44. The van der Waals surface area contributed by atoms with Crippen LogP contribution in [0.5, 0.6) is 5.75 Å². The van der Waals surface area contributed by atoms with Crippen molar-refractivity contribution in [1.82, 2.24) is 4.98 Å². The highest BCUT2D eigenvalue weighted by atomic mass is 16.5. The number of ether oxygens (including phenoxy) is 1. The molecule has 5 nitrogen and oxygen atoms in total. The summed E-state index contributed by atoms with van der Waals surface area (Å²) in [5.74, 6) is -0.531.